The predicted octanol–water partition coefficient (Wildman–Crippen LogP) is 3.85. The number of rotatable bonds is 7. The molecule has 0 aliphatic heterocycles. The molecule has 2 N–H and O–H groups in total. The molecule has 4 heterocycles. The molecule has 5 nitrogen and oxygen atoms in total. The van der Waals surface area contributed by atoms with Crippen molar-refractivity contribution in [2.75, 3.05) is 12.3 Å². The molecule has 142 valence electrons. The number of aromatic nitrogens is 2. The maximum Gasteiger partial charge on any atom is 0.268 e. The van der Waals surface area contributed by atoms with Gasteiger partial charge in [-0.3, -0.25) is 9.79 Å². The maximum absolute atomic E-state index is 13.1. The minimum atomic E-state index is -0.163. The Bertz CT molecular complexity index is 1150. The molecule has 0 spiro atoms. The quantitative estimate of drug-likeness (QED) is 0.472. The minimum absolute atomic E-state index is 0.163. The van der Waals surface area contributed by atoms with Gasteiger partial charge < -0.3 is 5.73 Å². The highest BCUT2D eigenvalue weighted by atomic mass is 32.1. The Hall–Kier alpha value is -2.77. The van der Waals surface area contributed by atoms with Crippen LogP contribution in [0.1, 0.15) is 21.0 Å². The minimum Gasteiger partial charge on any atom is -0.385 e. The molecule has 0 amide bonds. The van der Waals surface area contributed by atoms with Crippen LogP contribution in [0.5, 0.6) is 0 Å². The zero-order chi connectivity index (χ0) is 19.3. The Kier molecular flexibility index (Phi) is 5.64. The van der Waals surface area contributed by atoms with E-state index >= 15 is 0 Å². The molecule has 0 radical (unpaired) electrons. The summed E-state index contributed by atoms with van der Waals surface area (Å²) in [5.41, 5.74) is 7.73. The third-order valence-electron chi connectivity index (χ3n) is 4.47. The Morgan fingerprint density at radius 3 is 2.46 bits per heavy atom. The molecule has 0 unspecified atom stereocenters. The van der Waals surface area contributed by atoms with E-state index < -0.39 is 0 Å². The molecule has 0 saturated heterocycles. The smallest absolute Gasteiger partial charge is 0.268 e. The lowest BCUT2D eigenvalue weighted by Gasteiger charge is -2.09. The highest BCUT2D eigenvalue weighted by Gasteiger charge is 2.13. The molecule has 0 saturated carbocycles. The van der Waals surface area contributed by atoms with E-state index in [1.165, 1.54) is 14.2 Å². The van der Waals surface area contributed by atoms with Gasteiger partial charge in [-0.15, -0.1) is 22.7 Å². The Morgan fingerprint density at radius 1 is 1.00 bits per heavy atom. The summed E-state index contributed by atoms with van der Waals surface area (Å²) in [7, 11) is 0. The number of aryl methyl sites for hydroxylation is 2. The van der Waals surface area contributed by atoms with Crippen LogP contribution in [-0.2, 0) is 19.3 Å². The molecule has 4 aromatic heterocycles. The fourth-order valence-electron chi connectivity index (χ4n) is 3.07. The second kappa shape index (κ2) is 8.50. The zero-order valence-corrected chi connectivity index (χ0v) is 16.9. The highest BCUT2D eigenvalue weighted by molar-refractivity contribution is 7.10. The fourth-order valence-corrected chi connectivity index (χ4v) is 4.47. The zero-order valence-electron chi connectivity index (χ0n) is 15.2. The maximum atomic E-state index is 13.1. The molecule has 0 aliphatic carbocycles. The van der Waals surface area contributed by atoms with Crippen molar-refractivity contribution in [1.29, 1.82) is 0 Å². The Morgan fingerprint density at radius 2 is 1.75 bits per heavy atom. The van der Waals surface area contributed by atoms with Gasteiger partial charge >= 0.3 is 0 Å². The van der Waals surface area contributed by atoms with Crippen molar-refractivity contribution in [3.63, 3.8) is 0 Å². The van der Waals surface area contributed by atoms with E-state index in [4.69, 9.17) is 10.7 Å². The number of anilines is 1. The van der Waals surface area contributed by atoms with Gasteiger partial charge in [0.15, 0.2) is 0 Å². The molecule has 0 bridgehead atoms. The van der Waals surface area contributed by atoms with Crippen molar-refractivity contribution in [2.45, 2.75) is 19.3 Å². The topological polar surface area (TPSA) is 72.8 Å². The summed E-state index contributed by atoms with van der Waals surface area (Å²) < 4.78 is 1.45. The summed E-state index contributed by atoms with van der Waals surface area (Å²) in [6.07, 6.45) is 4.07. The Balaban J connectivity index is 1.66. The number of thiophene rings is 2. The van der Waals surface area contributed by atoms with Crippen LogP contribution in [0.15, 0.2) is 63.0 Å². The molecule has 0 atom stereocenters. The standard InChI is InChI=1S/C21H20N4OS2/c22-19-6-1-7-20-24-18(9-8-15-4-2-12-27-15)17(21(26)25(19)20)14-23-11-10-16-5-3-13-28-16/h1-7,12-14H,8-11,22H2. The number of nitrogens with two attached hydrogens (primary N) is 1. The summed E-state index contributed by atoms with van der Waals surface area (Å²) in [6, 6.07) is 13.6. The van der Waals surface area contributed by atoms with Gasteiger partial charge in [0.1, 0.15) is 11.5 Å². The molecular formula is C21H20N4OS2. The molecule has 0 fully saturated rings. The lowest BCUT2D eigenvalue weighted by molar-refractivity contribution is 0.900. The van der Waals surface area contributed by atoms with Crippen molar-refractivity contribution in [1.82, 2.24) is 9.38 Å². The molecule has 0 aromatic carbocycles. The average molecular weight is 409 g/mol. The molecular weight excluding hydrogens is 388 g/mol. The predicted molar refractivity (Wildman–Crippen MR) is 118 cm³/mol. The number of nitrogen functional groups attached to an aromatic ring is 1. The summed E-state index contributed by atoms with van der Waals surface area (Å²) >= 11 is 3.43. The van der Waals surface area contributed by atoms with Crippen LogP contribution in [-0.4, -0.2) is 22.1 Å². The van der Waals surface area contributed by atoms with E-state index in [0.717, 1.165) is 18.5 Å². The van der Waals surface area contributed by atoms with Gasteiger partial charge in [0.05, 0.1) is 11.3 Å². The van der Waals surface area contributed by atoms with E-state index in [2.05, 4.69) is 27.9 Å². The van der Waals surface area contributed by atoms with Crippen molar-refractivity contribution in [2.24, 2.45) is 4.99 Å². The summed E-state index contributed by atoms with van der Waals surface area (Å²) in [4.78, 5) is 24.9. The number of pyridine rings is 1. The largest absolute Gasteiger partial charge is 0.385 e. The van der Waals surface area contributed by atoms with Crippen molar-refractivity contribution in [3.05, 3.63) is 84.6 Å². The van der Waals surface area contributed by atoms with Crippen molar-refractivity contribution < 1.29 is 0 Å². The summed E-state index contributed by atoms with van der Waals surface area (Å²) in [5.74, 6) is 0.382. The number of fused-ring (bicyclic) bond motifs is 1. The first-order chi connectivity index (χ1) is 13.7. The van der Waals surface area contributed by atoms with E-state index in [-0.39, 0.29) is 5.56 Å². The van der Waals surface area contributed by atoms with Gasteiger partial charge in [-0.05, 0) is 47.9 Å². The second-order valence-electron chi connectivity index (χ2n) is 6.37. The van der Waals surface area contributed by atoms with Gasteiger partial charge in [-0.2, -0.15) is 0 Å². The first kappa shape index (κ1) is 18.6. The highest BCUT2D eigenvalue weighted by Crippen LogP contribution is 2.14. The van der Waals surface area contributed by atoms with Crippen molar-refractivity contribution >= 4 is 40.4 Å². The van der Waals surface area contributed by atoms with Crippen LogP contribution in [0.3, 0.4) is 0 Å². The van der Waals surface area contributed by atoms with E-state index in [0.29, 0.717) is 30.0 Å². The van der Waals surface area contributed by atoms with Gasteiger partial charge in [-0.25, -0.2) is 9.38 Å². The van der Waals surface area contributed by atoms with Crippen LogP contribution in [0.2, 0.25) is 0 Å². The third-order valence-corrected chi connectivity index (χ3v) is 6.34. The van der Waals surface area contributed by atoms with Crippen molar-refractivity contribution in [3.8, 4) is 0 Å². The molecule has 4 aromatic rings. The van der Waals surface area contributed by atoms with Gasteiger partial charge in [0.25, 0.3) is 5.56 Å². The van der Waals surface area contributed by atoms with E-state index in [1.807, 2.05) is 24.3 Å². The fraction of sp³-hybridized carbons (Fsp3) is 0.190. The SMILES string of the molecule is Nc1cccc2nc(CCc3cccs3)c(C=NCCc3cccs3)c(=O)n12. The van der Waals surface area contributed by atoms with Crippen LogP contribution in [0.4, 0.5) is 5.82 Å². The number of hydrogen-bond acceptors (Lipinski definition) is 6. The Labute approximate surface area is 170 Å². The molecule has 28 heavy (non-hydrogen) atoms. The number of nitrogens with zero attached hydrogens (tertiary/aromatic N) is 3. The first-order valence-electron chi connectivity index (χ1n) is 9.07. The average Bonchev–Trinajstić information content (AvgIpc) is 3.39. The lowest BCUT2D eigenvalue weighted by Crippen LogP contribution is -2.24. The first-order valence-corrected chi connectivity index (χ1v) is 10.8. The monoisotopic (exact) mass is 408 g/mol. The molecule has 4 rings (SSSR count). The third kappa shape index (κ3) is 4.05. The van der Waals surface area contributed by atoms with Crippen LogP contribution >= 0.6 is 22.7 Å². The second-order valence-corrected chi connectivity index (χ2v) is 8.43. The van der Waals surface area contributed by atoms with Gasteiger partial charge in [0, 0.05) is 28.9 Å². The van der Waals surface area contributed by atoms with E-state index in [1.54, 1.807) is 35.0 Å². The summed E-state index contributed by atoms with van der Waals surface area (Å²) in [6.45, 7) is 0.636. The number of hydrogen-bond donors (Lipinski definition) is 1. The van der Waals surface area contributed by atoms with Crippen LogP contribution in [0.25, 0.3) is 5.65 Å². The lowest BCUT2D eigenvalue weighted by atomic mass is 10.1. The van der Waals surface area contributed by atoms with Crippen LogP contribution in [0, 0.1) is 0 Å². The van der Waals surface area contributed by atoms with E-state index in [9.17, 15) is 4.79 Å². The van der Waals surface area contributed by atoms with Gasteiger partial charge in [0.2, 0.25) is 0 Å². The molecule has 0 aliphatic rings. The number of aliphatic imine (C=N–C) groups is 1. The van der Waals surface area contributed by atoms with Crippen LogP contribution < -0.4 is 11.3 Å². The van der Waals surface area contributed by atoms with Gasteiger partial charge in [-0.1, -0.05) is 18.2 Å². The summed E-state index contributed by atoms with van der Waals surface area (Å²) in [5, 5.41) is 4.12. The normalized spacial score (nSPS) is 11.6. The molecule has 7 heteroatoms.